The van der Waals surface area contributed by atoms with E-state index in [1.54, 1.807) is 24.7 Å². The van der Waals surface area contributed by atoms with Crippen LogP contribution in [0.1, 0.15) is 12.5 Å². The van der Waals surface area contributed by atoms with Gasteiger partial charge in [0, 0.05) is 11.8 Å². The number of anilines is 1. The molecule has 0 aliphatic carbocycles. The average Bonchev–Trinajstić information content (AvgIpc) is 3.31. The van der Waals surface area contributed by atoms with Gasteiger partial charge in [0.1, 0.15) is 19.3 Å². The molecule has 2 aromatic carbocycles. The van der Waals surface area contributed by atoms with Gasteiger partial charge in [0.25, 0.3) is 0 Å². The molecule has 1 atom stereocenters. The lowest BCUT2D eigenvalue weighted by Gasteiger charge is -2.21. The number of rotatable bonds is 5. The van der Waals surface area contributed by atoms with Crippen LogP contribution in [0.15, 0.2) is 67.4 Å². The number of nitrogens with zero attached hydrogens (tertiary/aromatic N) is 4. The molecule has 7 heteroatoms. The van der Waals surface area contributed by atoms with Gasteiger partial charge in [-0.2, -0.15) is 9.78 Å². The second-order valence-electron chi connectivity index (χ2n) is 5.82. The van der Waals surface area contributed by atoms with Crippen LogP contribution in [0.4, 0.5) is 10.1 Å². The van der Waals surface area contributed by atoms with E-state index in [4.69, 9.17) is 9.47 Å². The van der Waals surface area contributed by atoms with E-state index in [0.717, 1.165) is 5.56 Å². The van der Waals surface area contributed by atoms with Crippen LogP contribution in [0.2, 0.25) is 0 Å². The Labute approximate surface area is 150 Å². The van der Waals surface area contributed by atoms with Crippen molar-refractivity contribution in [2.24, 2.45) is 0 Å². The Morgan fingerprint density at radius 1 is 1.19 bits per heavy atom. The lowest BCUT2D eigenvalue weighted by atomic mass is 10.2. The third kappa shape index (κ3) is 3.23. The normalized spacial score (nSPS) is 16.3. The maximum atomic E-state index is 14.5. The second kappa shape index (κ2) is 6.87. The molecule has 1 aliphatic rings. The van der Waals surface area contributed by atoms with Crippen molar-refractivity contribution in [3.63, 3.8) is 0 Å². The highest BCUT2D eigenvalue weighted by Crippen LogP contribution is 2.31. The van der Waals surface area contributed by atoms with E-state index in [9.17, 15) is 4.39 Å². The van der Waals surface area contributed by atoms with Crippen molar-refractivity contribution < 1.29 is 13.9 Å². The average molecular weight is 352 g/mol. The maximum absolute atomic E-state index is 14.5. The van der Waals surface area contributed by atoms with E-state index in [1.165, 1.54) is 17.1 Å². The van der Waals surface area contributed by atoms with Crippen LogP contribution in [0.3, 0.4) is 0 Å². The zero-order valence-corrected chi connectivity index (χ0v) is 14.1. The number of benzene rings is 2. The Morgan fingerprint density at radius 3 is 2.77 bits per heavy atom. The summed E-state index contributed by atoms with van der Waals surface area (Å²) < 4.78 is 27.3. The Kier molecular flexibility index (Phi) is 4.27. The number of ether oxygens (including phenoxy) is 2. The van der Waals surface area contributed by atoms with Gasteiger partial charge in [0.15, 0.2) is 17.8 Å². The largest absolute Gasteiger partial charge is 0.486 e. The molecule has 0 amide bonds. The fourth-order valence-corrected chi connectivity index (χ4v) is 2.71. The molecule has 0 bridgehead atoms. The predicted octanol–water partition coefficient (Wildman–Crippen LogP) is 3.63. The molecule has 6 nitrogen and oxygen atoms in total. The van der Waals surface area contributed by atoms with Crippen molar-refractivity contribution in [1.29, 1.82) is 0 Å². The summed E-state index contributed by atoms with van der Waals surface area (Å²) in [4.78, 5) is 5.72. The Balaban J connectivity index is 1.50. The first-order chi connectivity index (χ1) is 12.7. The third-order valence-corrected chi connectivity index (χ3v) is 4.03. The minimum atomic E-state index is -0.423. The lowest BCUT2D eigenvalue weighted by molar-refractivity contribution is 0.194. The van der Waals surface area contributed by atoms with Gasteiger partial charge >= 0.3 is 0 Å². The molecule has 0 spiro atoms. The Hall–Kier alpha value is -3.35. The van der Waals surface area contributed by atoms with Gasteiger partial charge in [-0.25, -0.2) is 9.37 Å². The molecule has 0 saturated heterocycles. The van der Waals surface area contributed by atoms with Crippen LogP contribution >= 0.6 is 0 Å². The number of hydrogen-bond acceptors (Lipinski definition) is 5. The molecule has 132 valence electrons. The first-order valence-electron chi connectivity index (χ1n) is 8.19. The zero-order chi connectivity index (χ0) is 17.9. The summed E-state index contributed by atoms with van der Waals surface area (Å²) in [6.45, 7) is 2.19. The van der Waals surface area contributed by atoms with Crippen LogP contribution in [-0.4, -0.2) is 21.0 Å². The Bertz CT molecular complexity index is 913. The van der Waals surface area contributed by atoms with E-state index in [0.29, 0.717) is 18.2 Å². The van der Waals surface area contributed by atoms with Crippen LogP contribution in [0, 0.1) is 5.82 Å². The summed E-state index contributed by atoms with van der Waals surface area (Å²) in [7, 11) is 0. The summed E-state index contributed by atoms with van der Waals surface area (Å²) in [6.07, 6.45) is 4.45. The molecule has 0 radical (unpaired) electrons. The standard InChI is InChI=1S/C19H17FN4O2/c1-14-23(10-19(26-14)24-13-21-12-22-24)16-7-8-18(17(20)9-16)25-11-15-5-3-2-4-6-15/h2-10,12-14H,11H2,1H3. The molecule has 0 saturated carbocycles. The molecule has 2 heterocycles. The van der Waals surface area contributed by atoms with Crippen molar-refractivity contribution in [2.75, 3.05) is 4.90 Å². The van der Waals surface area contributed by atoms with Crippen molar-refractivity contribution in [3.05, 3.63) is 78.8 Å². The van der Waals surface area contributed by atoms with E-state index < -0.39 is 5.82 Å². The number of hydrogen-bond donors (Lipinski definition) is 0. The summed E-state index contributed by atoms with van der Waals surface area (Å²) >= 11 is 0. The predicted molar refractivity (Wildman–Crippen MR) is 94.5 cm³/mol. The minimum absolute atomic E-state index is 0.214. The highest BCUT2D eigenvalue weighted by atomic mass is 19.1. The van der Waals surface area contributed by atoms with Gasteiger partial charge in [-0.1, -0.05) is 30.3 Å². The summed E-state index contributed by atoms with van der Waals surface area (Å²) in [6, 6.07) is 14.5. The van der Waals surface area contributed by atoms with Gasteiger partial charge < -0.3 is 14.4 Å². The quantitative estimate of drug-likeness (QED) is 0.702. The fourth-order valence-electron chi connectivity index (χ4n) is 2.71. The Morgan fingerprint density at radius 2 is 2.04 bits per heavy atom. The van der Waals surface area contributed by atoms with E-state index in [2.05, 4.69) is 10.1 Å². The lowest BCUT2D eigenvalue weighted by Crippen LogP contribution is -2.24. The van der Waals surface area contributed by atoms with E-state index in [1.807, 2.05) is 42.2 Å². The summed E-state index contributed by atoms with van der Waals surface area (Å²) in [5, 5.41) is 4.04. The molecule has 3 aromatic rings. The van der Waals surface area contributed by atoms with E-state index >= 15 is 0 Å². The summed E-state index contributed by atoms with van der Waals surface area (Å²) in [5.74, 6) is 0.318. The molecule has 26 heavy (non-hydrogen) atoms. The molecule has 1 aromatic heterocycles. The molecule has 4 rings (SSSR count). The zero-order valence-electron chi connectivity index (χ0n) is 14.1. The van der Waals surface area contributed by atoms with Crippen LogP contribution < -0.4 is 9.64 Å². The van der Waals surface area contributed by atoms with Gasteiger partial charge in [-0.15, -0.1) is 0 Å². The number of halogens is 1. The molecule has 0 fully saturated rings. The molecule has 1 unspecified atom stereocenters. The molecular formula is C19H17FN4O2. The highest BCUT2D eigenvalue weighted by molar-refractivity contribution is 5.59. The van der Waals surface area contributed by atoms with Gasteiger partial charge in [0.05, 0.1) is 6.20 Å². The van der Waals surface area contributed by atoms with Gasteiger partial charge in [-0.05, 0) is 24.6 Å². The summed E-state index contributed by atoms with van der Waals surface area (Å²) in [5.41, 5.74) is 1.65. The van der Waals surface area contributed by atoms with Crippen molar-refractivity contribution in [1.82, 2.24) is 14.8 Å². The second-order valence-corrected chi connectivity index (χ2v) is 5.82. The van der Waals surface area contributed by atoms with Crippen LogP contribution in [0.5, 0.6) is 5.75 Å². The molecule has 0 N–H and O–H groups in total. The smallest absolute Gasteiger partial charge is 0.234 e. The minimum Gasteiger partial charge on any atom is -0.486 e. The number of aromatic nitrogens is 3. The van der Waals surface area contributed by atoms with Crippen molar-refractivity contribution in [3.8, 4) is 5.75 Å². The first-order valence-corrected chi connectivity index (χ1v) is 8.19. The SMILES string of the molecule is CC1OC(n2cncn2)=CN1c1ccc(OCc2ccccc2)c(F)c1. The fraction of sp³-hybridized carbons (Fsp3) is 0.158. The van der Waals surface area contributed by atoms with Crippen molar-refractivity contribution >= 4 is 11.6 Å². The topological polar surface area (TPSA) is 52.4 Å². The monoisotopic (exact) mass is 352 g/mol. The molecular weight excluding hydrogens is 335 g/mol. The highest BCUT2D eigenvalue weighted by Gasteiger charge is 2.25. The van der Waals surface area contributed by atoms with Crippen LogP contribution in [0.25, 0.3) is 5.88 Å². The van der Waals surface area contributed by atoms with Gasteiger partial charge in [-0.3, -0.25) is 0 Å². The van der Waals surface area contributed by atoms with Crippen molar-refractivity contribution in [2.45, 2.75) is 19.8 Å². The molecule has 1 aliphatic heterocycles. The maximum Gasteiger partial charge on any atom is 0.234 e. The van der Waals surface area contributed by atoms with E-state index in [-0.39, 0.29) is 12.0 Å². The first kappa shape index (κ1) is 16.1. The third-order valence-electron chi connectivity index (χ3n) is 4.03. The van der Waals surface area contributed by atoms with Crippen LogP contribution in [-0.2, 0) is 11.3 Å². The van der Waals surface area contributed by atoms with Gasteiger partial charge in [0.2, 0.25) is 5.88 Å².